The molecule has 6 heteroatoms. The first-order valence-electron chi connectivity index (χ1n) is 5.71. The molecule has 0 spiro atoms. The average molecular weight is 236 g/mol. The zero-order valence-corrected chi connectivity index (χ0v) is 9.56. The Morgan fingerprint density at radius 3 is 3.06 bits per heavy atom. The van der Waals surface area contributed by atoms with Gasteiger partial charge in [0.2, 0.25) is 5.88 Å². The number of rotatable bonds is 4. The van der Waals surface area contributed by atoms with Crippen molar-refractivity contribution in [1.82, 2.24) is 15.3 Å². The molecule has 1 saturated heterocycles. The van der Waals surface area contributed by atoms with Crippen molar-refractivity contribution in [2.45, 2.75) is 12.8 Å². The molecule has 1 aromatic heterocycles. The Labute approximate surface area is 99.6 Å². The number of nitrogens with zero attached hydrogens (tertiary/aromatic N) is 2. The normalized spacial score (nSPS) is 19.9. The highest BCUT2D eigenvalue weighted by Gasteiger charge is 2.17. The van der Waals surface area contributed by atoms with Gasteiger partial charge in [0, 0.05) is 24.9 Å². The number of carbonyl (C=O) groups is 1. The number of carbonyl (C=O) groups excluding carboxylic acids is 1. The van der Waals surface area contributed by atoms with E-state index in [2.05, 4.69) is 15.3 Å². The van der Waals surface area contributed by atoms with Crippen LogP contribution in [-0.4, -0.2) is 35.6 Å². The Morgan fingerprint density at radius 2 is 2.35 bits per heavy atom. The topological polar surface area (TPSA) is 90.1 Å². The van der Waals surface area contributed by atoms with Crippen molar-refractivity contribution in [3.63, 3.8) is 0 Å². The van der Waals surface area contributed by atoms with Gasteiger partial charge < -0.3 is 15.8 Å². The molecule has 0 bridgehead atoms. The highest BCUT2D eigenvalue weighted by Crippen LogP contribution is 2.15. The second-order valence-electron chi connectivity index (χ2n) is 4.10. The average Bonchev–Trinajstić information content (AvgIpc) is 2.38. The van der Waals surface area contributed by atoms with Gasteiger partial charge in [-0.3, -0.25) is 4.79 Å². The van der Waals surface area contributed by atoms with E-state index in [4.69, 9.17) is 10.5 Å². The Kier molecular flexibility index (Phi) is 3.87. The second kappa shape index (κ2) is 5.58. The maximum absolute atomic E-state index is 11.1. The van der Waals surface area contributed by atoms with Gasteiger partial charge in [-0.05, 0) is 19.4 Å². The Hall–Kier alpha value is -1.69. The van der Waals surface area contributed by atoms with Gasteiger partial charge in [-0.1, -0.05) is 0 Å². The van der Waals surface area contributed by atoms with Crippen LogP contribution >= 0.6 is 0 Å². The maximum atomic E-state index is 11.1. The largest absolute Gasteiger partial charge is 0.476 e. The number of primary amides is 1. The van der Waals surface area contributed by atoms with Crippen molar-refractivity contribution in [1.29, 1.82) is 0 Å². The molecular weight excluding hydrogens is 220 g/mol. The molecule has 1 fully saturated rings. The molecule has 92 valence electrons. The van der Waals surface area contributed by atoms with Crippen LogP contribution in [0.25, 0.3) is 0 Å². The number of aromatic nitrogens is 2. The Balaban J connectivity index is 1.96. The fourth-order valence-corrected chi connectivity index (χ4v) is 1.86. The summed E-state index contributed by atoms with van der Waals surface area (Å²) < 4.78 is 5.52. The lowest BCUT2D eigenvalue weighted by atomic mass is 10.0. The van der Waals surface area contributed by atoms with Gasteiger partial charge in [0.15, 0.2) is 5.69 Å². The summed E-state index contributed by atoms with van der Waals surface area (Å²) in [4.78, 5) is 18.9. The molecule has 1 aromatic rings. The summed E-state index contributed by atoms with van der Waals surface area (Å²) in [5, 5.41) is 3.30. The molecule has 0 aliphatic carbocycles. The van der Waals surface area contributed by atoms with Gasteiger partial charge >= 0.3 is 0 Å². The first-order chi connectivity index (χ1) is 8.27. The standard InChI is InChI=1S/C11H16N4O2/c12-10(16)9-11(15-5-4-14-9)17-7-8-2-1-3-13-6-8/h4-5,8,13H,1-3,6-7H2,(H2,12,16). The zero-order valence-electron chi connectivity index (χ0n) is 9.56. The summed E-state index contributed by atoms with van der Waals surface area (Å²) in [5.74, 6) is 0.0620. The molecule has 0 aromatic carbocycles. The van der Waals surface area contributed by atoms with Gasteiger partial charge in [-0.2, -0.15) is 0 Å². The SMILES string of the molecule is NC(=O)c1nccnc1OCC1CCCNC1. The van der Waals surface area contributed by atoms with Crippen LogP contribution < -0.4 is 15.8 Å². The van der Waals surface area contributed by atoms with Crippen molar-refractivity contribution in [2.75, 3.05) is 19.7 Å². The fourth-order valence-electron chi connectivity index (χ4n) is 1.86. The lowest BCUT2D eigenvalue weighted by Gasteiger charge is -2.22. The van der Waals surface area contributed by atoms with Crippen LogP contribution in [-0.2, 0) is 0 Å². The Bertz CT molecular complexity index is 391. The molecule has 0 radical (unpaired) electrons. The van der Waals surface area contributed by atoms with E-state index < -0.39 is 5.91 Å². The quantitative estimate of drug-likeness (QED) is 0.765. The van der Waals surface area contributed by atoms with Crippen molar-refractivity contribution < 1.29 is 9.53 Å². The number of hydrogen-bond donors (Lipinski definition) is 2. The van der Waals surface area contributed by atoms with E-state index in [0.717, 1.165) is 25.9 Å². The highest BCUT2D eigenvalue weighted by atomic mass is 16.5. The molecule has 1 amide bonds. The summed E-state index contributed by atoms with van der Waals surface area (Å²) in [6.45, 7) is 2.53. The van der Waals surface area contributed by atoms with E-state index >= 15 is 0 Å². The minimum Gasteiger partial charge on any atom is -0.476 e. The number of amides is 1. The molecular formula is C11H16N4O2. The van der Waals surface area contributed by atoms with Crippen LogP contribution in [0.1, 0.15) is 23.3 Å². The van der Waals surface area contributed by atoms with Crippen LogP contribution in [0.2, 0.25) is 0 Å². The van der Waals surface area contributed by atoms with Crippen LogP contribution in [0.3, 0.4) is 0 Å². The summed E-state index contributed by atoms with van der Waals surface area (Å²) in [7, 11) is 0. The molecule has 2 heterocycles. The monoisotopic (exact) mass is 236 g/mol. The van der Waals surface area contributed by atoms with Gasteiger partial charge in [-0.15, -0.1) is 0 Å². The fraction of sp³-hybridized carbons (Fsp3) is 0.545. The van der Waals surface area contributed by atoms with Gasteiger partial charge in [0.05, 0.1) is 6.61 Å². The van der Waals surface area contributed by atoms with Crippen molar-refractivity contribution in [3.8, 4) is 5.88 Å². The zero-order chi connectivity index (χ0) is 12.1. The van der Waals surface area contributed by atoms with Gasteiger partial charge in [0.25, 0.3) is 5.91 Å². The van der Waals surface area contributed by atoms with E-state index in [0.29, 0.717) is 12.5 Å². The van der Waals surface area contributed by atoms with E-state index in [-0.39, 0.29) is 11.6 Å². The third kappa shape index (κ3) is 3.13. The lowest BCUT2D eigenvalue weighted by Crippen LogP contribution is -2.33. The predicted molar refractivity (Wildman–Crippen MR) is 61.6 cm³/mol. The smallest absolute Gasteiger partial charge is 0.272 e. The van der Waals surface area contributed by atoms with Gasteiger partial charge in [-0.25, -0.2) is 9.97 Å². The summed E-state index contributed by atoms with van der Waals surface area (Å²) in [6, 6.07) is 0. The minimum absolute atomic E-state index is 0.0938. The number of ether oxygens (including phenoxy) is 1. The molecule has 17 heavy (non-hydrogen) atoms. The van der Waals surface area contributed by atoms with Crippen molar-refractivity contribution in [3.05, 3.63) is 18.1 Å². The first-order valence-corrected chi connectivity index (χ1v) is 5.71. The van der Waals surface area contributed by atoms with Crippen molar-refractivity contribution >= 4 is 5.91 Å². The number of nitrogens with two attached hydrogens (primary N) is 1. The third-order valence-corrected chi connectivity index (χ3v) is 2.75. The number of piperidine rings is 1. The van der Waals surface area contributed by atoms with E-state index in [1.165, 1.54) is 12.4 Å². The lowest BCUT2D eigenvalue weighted by molar-refractivity contribution is 0.0988. The molecule has 6 nitrogen and oxygen atoms in total. The molecule has 2 rings (SSSR count). The highest BCUT2D eigenvalue weighted by molar-refractivity contribution is 5.92. The molecule has 1 atom stereocenters. The van der Waals surface area contributed by atoms with Crippen LogP contribution in [0, 0.1) is 5.92 Å². The van der Waals surface area contributed by atoms with Gasteiger partial charge in [0.1, 0.15) is 0 Å². The third-order valence-electron chi connectivity index (χ3n) is 2.75. The maximum Gasteiger partial charge on any atom is 0.272 e. The van der Waals surface area contributed by atoms with Crippen molar-refractivity contribution in [2.24, 2.45) is 11.7 Å². The summed E-state index contributed by atoms with van der Waals surface area (Å²) in [6.07, 6.45) is 5.19. The molecule has 1 unspecified atom stereocenters. The van der Waals surface area contributed by atoms with E-state index in [1.807, 2.05) is 0 Å². The van der Waals surface area contributed by atoms with E-state index in [1.54, 1.807) is 0 Å². The Morgan fingerprint density at radius 1 is 1.53 bits per heavy atom. The van der Waals surface area contributed by atoms with Crippen LogP contribution in [0.15, 0.2) is 12.4 Å². The molecule has 1 aliphatic rings. The first kappa shape index (κ1) is 11.8. The predicted octanol–water partition coefficient (Wildman–Crippen LogP) is -0.0461. The van der Waals surface area contributed by atoms with E-state index in [9.17, 15) is 4.79 Å². The number of hydrogen-bond acceptors (Lipinski definition) is 5. The molecule has 0 saturated carbocycles. The molecule has 1 aliphatic heterocycles. The van der Waals surface area contributed by atoms with Crippen LogP contribution in [0.4, 0.5) is 0 Å². The second-order valence-corrected chi connectivity index (χ2v) is 4.10. The summed E-state index contributed by atoms with van der Waals surface area (Å²) in [5.41, 5.74) is 5.28. The number of nitrogens with one attached hydrogen (secondary N) is 1. The van der Waals surface area contributed by atoms with Crippen LogP contribution in [0.5, 0.6) is 5.88 Å². The minimum atomic E-state index is -0.616. The summed E-state index contributed by atoms with van der Waals surface area (Å²) >= 11 is 0. The molecule has 3 N–H and O–H groups in total.